The Hall–Kier alpha value is -2.31. The summed E-state index contributed by atoms with van der Waals surface area (Å²) < 4.78 is 59.3. The molecular formula is C20H25N3O6S2. The Labute approximate surface area is 182 Å². The first-order valence-electron chi connectivity index (χ1n) is 9.82. The second kappa shape index (κ2) is 10.3. The van der Waals surface area contributed by atoms with Crippen LogP contribution in [0, 0.1) is 0 Å². The molecule has 2 aromatic rings. The Balaban J connectivity index is 1.47. The Morgan fingerprint density at radius 3 is 2.19 bits per heavy atom. The molecule has 1 atom stereocenters. The first-order valence-corrected chi connectivity index (χ1v) is 12.8. The molecule has 168 valence electrons. The van der Waals surface area contributed by atoms with Crippen molar-refractivity contribution in [2.24, 2.45) is 0 Å². The monoisotopic (exact) mass is 467 g/mol. The summed E-state index contributed by atoms with van der Waals surface area (Å²) in [5, 5.41) is 2.61. The quantitative estimate of drug-likeness (QED) is 0.485. The van der Waals surface area contributed by atoms with E-state index >= 15 is 0 Å². The van der Waals surface area contributed by atoms with E-state index in [2.05, 4.69) is 14.8 Å². The smallest absolute Gasteiger partial charge is 0.240 e. The average molecular weight is 468 g/mol. The predicted octanol–water partition coefficient (Wildman–Crippen LogP) is 1.45. The Morgan fingerprint density at radius 1 is 0.903 bits per heavy atom. The zero-order chi connectivity index (χ0) is 22.3. The van der Waals surface area contributed by atoms with Gasteiger partial charge in [-0.05, 0) is 49.2 Å². The van der Waals surface area contributed by atoms with Crippen molar-refractivity contribution in [1.82, 2.24) is 9.44 Å². The molecule has 2 aromatic carbocycles. The Bertz CT molecular complexity index is 1080. The van der Waals surface area contributed by atoms with Gasteiger partial charge in [0.05, 0.1) is 15.9 Å². The third-order valence-electron chi connectivity index (χ3n) is 4.67. The van der Waals surface area contributed by atoms with Gasteiger partial charge in [-0.3, -0.25) is 4.79 Å². The van der Waals surface area contributed by atoms with Crippen molar-refractivity contribution in [3.05, 3.63) is 54.6 Å². The first-order chi connectivity index (χ1) is 14.8. The lowest BCUT2D eigenvalue weighted by atomic mass is 10.2. The fourth-order valence-electron chi connectivity index (χ4n) is 3.01. The van der Waals surface area contributed by atoms with Gasteiger partial charge in [-0.2, -0.15) is 0 Å². The molecule has 0 aromatic heterocycles. The van der Waals surface area contributed by atoms with Gasteiger partial charge >= 0.3 is 0 Å². The van der Waals surface area contributed by atoms with E-state index in [1.807, 2.05) is 0 Å². The minimum absolute atomic E-state index is 0.0668. The van der Waals surface area contributed by atoms with Crippen LogP contribution in [0.3, 0.4) is 0 Å². The van der Waals surface area contributed by atoms with Crippen molar-refractivity contribution < 1.29 is 26.4 Å². The van der Waals surface area contributed by atoms with E-state index in [0.717, 1.165) is 12.8 Å². The van der Waals surface area contributed by atoms with E-state index < -0.39 is 26.0 Å². The molecule has 3 rings (SSSR count). The molecule has 11 heteroatoms. The zero-order valence-corrected chi connectivity index (χ0v) is 18.4. The van der Waals surface area contributed by atoms with Gasteiger partial charge in [0.25, 0.3) is 0 Å². The largest absolute Gasteiger partial charge is 0.377 e. The van der Waals surface area contributed by atoms with Crippen LogP contribution < -0.4 is 14.8 Å². The standard InChI is InChI=1S/C20H25N3O6S2/c24-20(12-13-21-30(25,26)18-6-2-1-3-7-18)23-16-8-10-19(11-9-16)31(27,28)22-15-17-5-4-14-29-17/h1-3,6-11,17,21-22H,4-5,12-15H2,(H,23,24). The lowest BCUT2D eigenvalue weighted by Gasteiger charge is -2.12. The second-order valence-electron chi connectivity index (χ2n) is 7.02. The van der Waals surface area contributed by atoms with Crippen LogP contribution in [-0.4, -0.2) is 48.5 Å². The van der Waals surface area contributed by atoms with Crippen molar-refractivity contribution in [3.63, 3.8) is 0 Å². The molecule has 0 spiro atoms. The summed E-state index contributed by atoms with van der Waals surface area (Å²) in [4.78, 5) is 12.3. The minimum atomic E-state index is -3.68. The van der Waals surface area contributed by atoms with Gasteiger partial charge in [-0.15, -0.1) is 0 Å². The Morgan fingerprint density at radius 2 is 1.55 bits per heavy atom. The van der Waals surface area contributed by atoms with Crippen LogP contribution >= 0.6 is 0 Å². The van der Waals surface area contributed by atoms with Gasteiger partial charge < -0.3 is 10.1 Å². The summed E-state index contributed by atoms with van der Waals surface area (Å²) in [6, 6.07) is 13.6. The number of benzene rings is 2. The van der Waals surface area contributed by atoms with E-state index in [4.69, 9.17) is 4.74 Å². The number of sulfonamides is 2. The van der Waals surface area contributed by atoms with Crippen LogP contribution in [0.1, 0.15) is 19.3 Å². The zero-order valence-electron chi connectivity index (χ0n) is 16.8. The summed E-state index contributed by atoms with van der Waals surface area (Å²) in [6.45, 7) is 0.802. The highest BCUT2D eigenvalue weighted by Crippen LogP contribution is 2.16. The molecule has 0 bridgehead atoms. The van der Waals surface area contributed by atoms with Gasteiger partial charge in [-0.1, -0.05) is 18.2 Å². The summed E-state index contributed by atoms with van der Waals surface area (Å²) in [5.41, 5.74) is 0.411. The van der Waals surface area contributed by atoms with Gasteiger partial charge in [0.15, 0.2) is 0 Å². The number of carbonyl (C=O) groups is 1. The molecule has 0 radical (unpaired) electrons. The number of ether oxygens (including phenoxy) is 1. The number of amides is 1. The van der Waals surface area contributed by atoms with Crippen LogP contribution in [0.5, 0.6) is 0 Å². The molecule has 3 N–H and O–H groups in total. The average Bonchev–Trinajstić information content (AvgIpc) is 3.27. The third-order valence-corrected chi connectivity index (χ3v) is 7.59. The number of carbonyl (C=O) groups excluding carboxylic acids is 1. The van der Waals surface area contributed by atoms with Gasteiger partial charge in [0.1, 0.15) is 0 Å². The molecule has 0 saturated carbocycles. The van der Waals surface area contributed by atoms with Crippen LogP contribution in [0.4, 0.5) is 5.69 Å². The van der Waals surface area contributed by atoms with Gasteiger partial charge in [-0.25, -0.2) is 26.3 Å². The highest BCUT2D eigenvalue weighted by atomic mass is 32.2. The molecule has 1 heterocycles. The van der Waals surface area contributed by atoms with Crippen molar-refractivity contribution in [2.75, 3.05) is 25.0 Å². The highest BCUT2D eigenvalue weighted by Gasteiger charge is 2.20. The second-order valence-corrected chi connectivity index (χ2v) is 10.6. The van der Waals surface area contributed by atoms with Gasteiger partial charge in [0.2, 0.25) is 26.0 Å². The van der Waals surface area contributed by atoms with E-state index in [1.54, 1.807) is 18.2 Å². The fourth-order valence-corrected chi connectivity index (χ4v) is 5.13. The maximum Gasteiger partial charge on any atom is 0.240 e. The van der Waals surface area contributed by atoms with Crippen LogP contribution in [0.2, 0.25) is 0 Å². The third kappa shape index (κ3) is 6.84. The molecule has 1 aliphatic rings. The number of anilines is 1. The predicted molar refractivity (Wildman–Crippen MR) is 115 cm³/mol. The SMILES string of the molecule is O=C(CCNS(=O)(=O)c1ccccc1)Nc1ccc(S(=O)(=O)NCC2CCCO2)cc1. The van der Waals surface area contributed by atoms with Crippen molar-refractivity contribution in [3.8, 4) is 0 Å². The van der Waals surface area contributed by atoms with Crippen LogP contribution in [0.25, 0.3) is 0 Å². The van der Waals surface area contributed by atoms with E-state index in [9.17, 15) is 21.6 Å². The number of nitrogens with one attached hydrogen (secondary N) is 3. The molecule has 0 aliphatic carbocycles. The van der Waals surface area contributed by atoms with Crippen molar-refractivity contribution in [2.45, 2.75) is 35.2 Å². The molecule has 1 amide bonds. The molecule has 1 unspecified atom stereocenters. The van der Waals surface area contributed by atoms with E-state index in [-0.39, 0.29) is 35.4 Å². The number of rotatable bonds is 10. The molecule has 31 heavy (non-hydrogen) atoms. The fraction of sp³-hybridized carbons (Fsp3) is 0.350. The molecule has 1 fully saturated rings. The van der Waals surface area contributed by atoms with E-state index in [1.165, 1.54) is 36.4 Å². The lowest BCUT2D eigenvalue weighted by molar-refractivity contribution is -0.116. The van der Waals surface area contributed by atoms with E-state index in [0.29, 0.717) is 12.3 Å². The molecular weight excluding hydrogens is 442 g/mol. The molecule has 9 nitrogen and oxygen atoms in total. The van der Waals surface area contributed by atoms with Crippen LogP contribution in [-0.2, 0) is 29.6 Å². The molecule has 1 aliphatic heterocycles. The number of hydrogen-bond donors (Lipinski definition) is 3. The maximum atomic E-state index is 12.4. The first kappa shape index (κ1) is 23.4. The normalized spacial score (nSPS) is 16.8. The summed E-state index contributed by atoms with van der Waals surface area (Å²) in [5.74, 6) is -0.400. The lowest BCUT2D eigenvalue weighted by Crippen LogP contribution is -2.31. The maximum absolute atomic E-state index is 12.4. The highest BCUT2D eigenvalue weighted by molar-refractivity contribution is 7.89. The van der Waals surface area contributed by atoms with Crippen LogP contribution in [0.15, 0.2) is 64.4 Å². The topological polar surface area (TPSA) is 131 Å². The summed E-state index contributed by atoms with van der Waals surface area (Å²) >= 11 is 0. The van der Waals surface area contributed by atoms with Crippen molar-refractivity contribution in [1.29, 1.82) is 0 Å². The van der Waals surface area contributed by atoms with Gasteiger partial charge in [0, 0.05) is 31.8 Å². The van der Waals surface area contributed by atoms with Crippen molar-refractivity contribution >= 4 is 31.6 Å². The number of hydrogen-bond acceptors (Lipinski definition) is 6. The summed E-state index contributed by atoms with van der Waals surface area (Å²) in [7, 11) is -7.34. The molecule has 1 saturated heterocycles. The summed E-state index contributed by atoms with van der Waals surface area (Å²) in [6.07, 6.45) is 1.58. The Kier molecular flexibility index (Phi) is 7.79. The minimum Gasteiger partial charge on any atom is -0.377 e.